The zero-order chi connectivity index (χ0) is 18.3. The van der Waals surface area contributed by atoms with Crippen LogP contribution in [0.3, 0.4) is 0 Å². The van der Waals surface area contributed by atoms with E-state index in [9.17, 15) is 4.79 Å². The summed E-state index contributed by atoms with van der Waals surface area (Å²) in [6.45, 7) is 3.48. The first-order valence-corrected chi connectivity index (χ1v) is 8.81. The quantitative estimate of drug-likeness (QED) is 0.643. The molecule has 0 N–H and O–H groups in total. The molecule has 1 atom stereocenters. The molecule has 0 saturated heterocycles. The van der Waals surface area contributed by atoms with Gasteiger partial charge < -0.3 is 4.52 Å². The Morgan fingerprint density at radius 2 is 1.81 bits per heavy atom. The van der Waals surface area contributed by atoms with Crippen LogP contribution in [-0.4, -0.2) is 16.7 Å². The molecular weight excluding hydrogens is 348 g/mol. The van der Waals surface area contributed by atoms with Crippen molar-refractivity contribution in [1.29, 1.82) is 0 Å². The zero-order valence-corrected chi connectivity index (χ0v) is 15.2. The summed E-state index contributed by atoms with van der Waals surface area (Å²) < 4.78 is 5.61. The lowest BCUT2D eigenvalue weighted by Gasteiger charge is -2.11. The van der Waals surface area contributed by atoms with Gasteiger partial charge in [0.15, 0.2) is 5.76 Å². The number of fused-ring (bicyclic) bond motifs is 3. The highest BCUT2D eigenvalue weighted by atomic mass is 35.5. The molecule has 26 heavy (non-hydrogen) atoms. The number of aliphatic imine (C=N–C) groups is 1. The number of halogens is 1. The number of hydrogen-bond donors (Lipinski definition) is 0. The molecule has 1 aliphatic rings. The molecule has 2 heterocycles. The van der Waals surface area contributed by atoms with Crippen molar-refractivity contribution in [2.75, 3.05) is 0 Å². The summed E-state index contributed by atoms with van der Waals surface area (Å²) in [4.78, 5) is 16.8. The number of hydrogen-bond acceptors (Lipinski definition) is 4. The van der Waals surface area contributed by atoms with E-state index >= 15 is 0 Å². The number of nitrogens with zero attached hydrogens (tertiary/aromatic N) is 2. The molecule has 0 fully saturated rings. The fourth-order valence-electron chi connectivity index (χ4n) is 3.38. The molecule has 0 radical (unpaired) electrons. The van der Waals surface area contributed by atoms with Crippen LogP contribution in [0.2, 0.25) is 5.02 Å². The molecule has 4 rings (SSSR count). The van der Waals surface area contributed by atoms with Crippen molar-refractivity contribution in [3.8, 4) is 11.1 Å². The van der Waals surface area contributed by atoms with Crippen LogP contribution >= 0.6 is 11.6 Å². The summed E-state index contributed by atoms with van der Waals surface area (Å²) >= 11 is 6.05. The van der Waals surface area contributed by atoms with Gasteiger partial charge in [-0.2, -0.15) is 0 Å². The fourth-order valence-corrected chi connectivity index (χ4v) is 3.51. The maximum absolute atomic E-state index is 11.9. The van der Waals surface area contributed by atoms with Gasteiger partial charge in [0.25, 0.3) is 0 Å². The summed E-state index contributed by atoms with van der Waals surface area (Å²) in [6, 6.07) is 15.2. The molecule has 5 heteroatoms. The molecule has 0 spiro atoms. The van der Waals surface area contributed by atoms with Crippen LogP contribution in [0.4, 0.5) is 0 Å². The number of ketones is 1. The maximum atomic E-state index is 11.9. The van der Waals surface area contributed by atoms with Gasteiger partial charge in [0, 0.05) is 22.6 Å². The second-order valence-corrected chi connectivity index (χ2v) is 6.90. The highest BCUT2D eigenvalue weighted by Gasteiger charge is 2.30. The fraction of sp³-hybridized carbons (Fsp3) is 0.190. The van der Waals surface area contributed by atoms with E-state index < -0.39 is 6.04 Å². The largest absolute Gasteiger partial charge is 0.358 e. The predicted octanol–water partition coefficient (Wildman–Crippen LogP) is 5.17. The SMILES string of the molecule is CC(=O)C[C@H]1N=C(c2ccc(Cl)cc2)c2ccccc2-c2c(C)noc21. The van der Waals surface area contributed by atoms with E-state index in [1.807, 2.05) is 55.5 Å². The Kier molecular flexibility index (Phi) is 4.21. The Morgan fingerprint density at radius 1 is 1.12 bits per heavy atom. The van der Waals surface area contributed by atoms with Gasteiger partial charge >= 0.3 is 0 Å². The van der Waals surface area contributed by atoms with Gasteiger partial charge in [0.1, 0.15) is 11.8 Å². The number of carbonyl (C=O) groups is 1. The number of aryl methyl sites for hydroxylation is 1. The minimum Gasteiger partial charge on any atom is -0.358 e. The Balaban J connectivity index is 1.99. The average Bonchev–Trinajstić information content (AvgIpc) is 2.94. The lowest BCUT2D eigenvalue weighted by Crippen LogP contribution is -2.07. The van der Waals surface area contributed by atoms with E-state index in [-0.39, 0.29) is 12.2 Å². The third-order valence-corrected chi connectivity index (χ3v) is 4.78. The summed E-state index contributed by atoms with van der Waals surface area (Å²) in [5, 5.41) is 4.80. The van der Waals surface area contributed by atoms with E-state index in [4.69, 9.17) is 21.1 Å². The first-order chi connectivity index (χ1) is 12.5. The number of aromatic nitrogens is 1. The van der Waals surface area contributed by atoms with E-state index in [0.29, 0.717) is 10.8 Å². The third-order valence-electron chi connectivity index (χ3n) is 4.53. The maximum Gasteiger partial charge on any atom is 0.169 e. The number of rotatable bonds is 3. The Bertz CT molecular complexity index is 1020. The Morgan fingerprint density at radius 3 is 2.50 bits per heavy atom. The van der Waals surface area contributed by atoms with Crippen LogP contribution in [0.15, 0.2) is 58.0 Å². The predicted molar refractivity (Wildman–Crippen MR) is 102 cm³/mol. The molecule has 4 nitrogen and oxygen atoms in total. The zero-order valence-electron chi connectivity index (χ0n) is 14.5. The van der Waals surface area contributed by atoms with E-state index in [2.05, 4.69) is 5.16 Å². The van der Waals surface area contributed by atoms with E-state index in [1.165, 1.54) is 0 Å². The molecule has 0 bridgehead atoms. The number of carbonyl (C=O) groups excluding carboxylic acids is 1. The Labute approximate surface area is 156 Å². The van der Waals surface area contributed by atoms with Crippen LogP contribution in [0, 0.1) is 6.92 Å². The average molecular weight is 365 g/mol. The molecule has 1 aliphatic heterocycles. The lowest BCUT2D eigenvalue weighted by molar-refractivity contribution is -0.117. The smallest absolute Gasteiger partial charge is 0.169 e. The molecule has 0 amide bonds. The Hall–Kier alpha value is -2.72. The van der Waals surface area contributed by atoms with Crippen LogP contribution < -0.4 is 0 Å². The first kappa shape index (κ1) is 16.7. The highest BCUT2D eigenvalue weighted by Crippen LogP contribution is 2.40. The van der Waals surface area contributed by atoms with Gasteiger partial charge in [0.05, 0.1) is 17.0 Å². The normalized spacial score (nSPS) is 15.7. The minimum atomic E-state index is -0.401. The lowest BCUT2D eigenvalue weighted by atomic mass is 9.93. The van der Waals surface area contributed by atoms with Crippen LogP contribution in [0.25, 0.3) is 11.1 Å². The van der Waals surface area contributed by atoms with Gasteiger partial charge in [-0.15, -0.1) is 0 Å². The molecule has 2 aromatic carbocycles. The summed E-state index contributed by atoms with van der Waals surface area (Å²) in [5.74, 6) is 0.703. The molecule has 0 aliphatic carbocycles. The minimum absolute atomic E-state index is 0.0557. The van der Waals surface area contributed by atoms with Gasteiger partial charge in [-0.25, -0.2) is 0 Å². The van der Waals surface area contributed by atoms with E-state index in [0.717, 1.165) is 33.7 Å². The van der Waals surface area contributed by atoms with Gasteiger partial charge in [-0.3, -0.25) is 9.79 Å². The second-order valence-electron chi connectivity index (χ2n) is 6.46. The number of Topliss-reactive ketones (excluding diaryl/α,β-unsaturated/α-hetero) is 1. The van der Waals surface area contributed by atoms with Crippen LogP contribution in [0.5, 0.6) is 0 Å². The van der Waals surface area contributed by atoms with Crippen molar-refractivity contribution < 1.29 is 9.32 Å². The molecule has 1 aromatic heterocycles. The van der Waals surface area contributed by atoms with Gasteiger partial charge in [-0.05, 0) is 31.5 Å². The van der Waals surface area contributed by atoms with E-state index in [1.54, 1.807) is 6.92 Å². The van der Waals surface area contributed by atoms with Gasteiger partial charge in [-0.1, -0.05) is 53.2 Å². The molecule has 3 aromatic rings. The molecule has 130 valence electrons. The van der Waals surface area contributed by atoms with Crippen molar-refractivity contribution in [2.24, 2.45) is 4.99 Å². The van der Waals surface area contributed by atoms with Crippen molar-refractivity contribution in [2.45, 2.75) is 26.3 Å². The van der Waals surface area contributed by atoms with Crippen LogP contribution in [-0.2, 0) is 4.79 Å². The monoisotopic (exact) mass is 364 g/mol. The van der Waals surface area contributed by atoms with Crippen molar-refractivity contribution in [3.63, 3.8) is 0 Å². The molecule has 0 unspecified atom stereocenters. The first-order valence-electron chi connectivity index (χ1n) is 8.43. The standard InChI is InChI=1S/C21H17ClN2O2/c1-12(25)11-18-21-19(13(2)24-26-21)16-5-3-4-6-17(16)20(23-18)14-7-9-15(22)10-8-14/h3-10,18H,11H2,1-2H3/t18-/m1/s1. The van der Waals surface area contributed by atoms with Crippen molar-refractivity contribution >= 4 is 23.1 Å². The van der Waals surface area contributed by atoms with Crippen LogP contribution in [0.1, 0.15) is 42.0 Å². The summed E-state index contributed by atoms with van der Waals surface area (Å²) in [6.07, 6.45) is 0.271. The topological polar surface area (TPSA) is 55.5 Å². The third kappa shape index (κ3) is 2.86. The van der Waals surface area contributed by atoms with Crippen molar-refractivity contribution in [1.82, 2.24) is 5.16 Å². The molecule has 0 saturated carbocycles. The molecular formula is C21H17ClN2O2. The van der Waals surface area contributed by atoms with Crippen molar-refractivity contribution in [3.05, 3.63) is 76.1 Å². The second kappa shape index (κ2) is 6.54. The summed E-state index contributed by atoms with van der Waals surface area (Å²) in [7, 11) is 0. The van der Waals surface area contributed by atoms with Gasteiger partial charge in [0.2, 0.25) is 0 Å². The highest BCUT2D eigenvalue weighted by molar-refractivity contribution is 6.30. The summed E-state index contributed by atoms with van der Waals surface area (Å²) in [5.41, 5.74) is 5.52. The number of benzene rings is 2.